The minimum Gasteiger partial charge on any atom is -0.377 e. The predicted molar refractivity (Wildman–Crippen MR) is 129 cm³/mol. The van der Waals surface area contributed by atoms with E-state index < -0.39 is 11.2 Å². The zero-order valence-electron chi connectivity index (χ0n) is 19.6. The maximum absolute atomic E-state index is 13.2. The van der Waals surface area contributed by atoms with Crippen molar-refractivity contribution in [1.82, 2.24) is 24.0 Å². The number of fused-ring (bicyclic) bond motifs is 1. The van der Waals surface area contributed by atoms with Crippen molar-refractivity contribution in [3.05, 3.63) is 56.0 Å². The monoisotopic (exact) mass is 452 g/mol. The molecule has 0 unspecified atom stereocenters. The summed E-state index contributed by atoms with van der Waals surface area (Å²) in [7, 11) is 0. The van der Waals surface area contributed by atoms with Crippen molar-refractivity contribution in [3.8, 4) is 0 Å². The summed E-state index contributed by atoms with van der Waals surface area (Å²) < 4.78 is 3.38. The van der Waals surface area contributed by atoms with Crippen molar-refractivity contribution in [2.75, 3.05) is 18.4 Å². The van der Waals surface area contributed by atoms with E-state index in [1.54, 1.807) is 4.57 Å². The molecule has 1 fully saturated rings. The number of unbranched alkanes of at least 4 members (excludes halogenated alkanes) is 1. The molecule has 9 nitrogen and oxygen atoms in total. The van der Waals surface area contributed by atoms with Crippen molar-refractivity contribution in [2.45, 2.75) is 66.1 Å². The minimum absolute atomic E-state index is 0.0435. The third-order valence-electron chi connectivity index (χ3n) is 6.33. The number of likely N-dealkylation sites (tertiary alicyclic amines) is 1. The highest BCUT2D eigenvalue weighted by Gasteiger charge is 2.24. The van der Waals surface area contributed by atoms with E-state index in [0.717, 1.165) is 50.0 Å². The highest BCUT2D eigenvalue weighted by atomic mass is 16.2. The van der Waals surface area contributed by atoms with Crippen molar-refractivity contribution in [3.63, 3.8) is 0 Å². The number of H-pyrrole nitrogens is 1. The molecule has 4 rings (SSSR count). The van der Waals surface area contributed by atoms with Gasteiger partial charge in [-0.25, -0.2) is 9.78 Å². The van der Waals surface area contributed by atoms with Crippen LogP contribution in [0, 0.1) is 6.92 Å². The number of nitrogens with one attached hydrogen (secondary N) is 2. The lowest BCUT2D eigenvalue weighted by Gasteiger charge is -2.20. The largest absolute Gasteiger partial charge is 0.377 e. The second-order valence-corrected chi connectivity index (χ2v) is 8.56. The van der Waals surface area contributed by atoms with Crippen LogP contribution in [0.25, 0.3) is 11.2 Å². The van der Waals surface area contributed by atoms with Crippen LogP contribution in [0.4, 0.5) is 5.69 Å². The molecule has 0 atom stereocenters. The summed E-state index contributed by atoms with van der Waals surface area (Å²) in [5.74, 6) is 0.692. The molecule has 9 heteroatoms. The molecule has 1 aliphatic rings. The summed E-state index contributed by atoms with van der Waals surface area (Å²) in [6.45, 7) is 8.89. The fourth-order valence-corrected chi connectivity index (χ4v) is 4.57. The molecular weight excluding hydrogens is 420 g/mol. The predicted octanol–water partition coefficient (Wildman–Crippen LogP) is 2.86. The number of hydrogen-bond acceptors (Lipinski definition) is 5. The zero-order valence-corrected chi connectivity index (χ0v) is 19.6. The number of benzene rings is 1. The summed E-state index contributed by atoms with van der Waals surface area (Å²) in [5, 5.41) is 3.38. The average Bonchev–Trinajstić information content (AvgIpc) is 3.45. The van der Waals surface area contributed by atoms with Gasteiger partial charge in [0, 0.05) is 31.9 Å². The number of carbonyl (C=O) groups is 1. The third kappa shape index (κ3) is 4.31. The van der Waals surface area contributed by atoms with Gasteiger partial charge >= 0.3 is 5.69 Å². The van der Waals surface area contributed by atoms with Crippen LogP contribution in [-0.2, 0) is 19.6 Å². The highest BCUT2D eigenvalue weighted by Crippen LogP contribution is 2.24. The molecule has 2 aromatic heterocycles. The maximum Gasteiger partial charge on any atom is 0.330 e. The number of nitrogens with zero attached hydrogens (tertiary/aromatic N) is 4. The minimum atomic E-state index is -0.432. The Balaban J connectivity index is 1.70. The molecule has 1 saturated heterocycles. The Morgan fingerprint density at radius 1 is 1.15 bits per heavy atom. The van der Waals surface area contributed by atoms with Gasteiger partial charge < -0.3 is 14.8 Å². The number of hydrogen-bond donors (Lipinski definition) is 2. The van der Waals surface area contributed by atoms with Crippen molar-refractivity contribution in [1.29, 1.82) is 0 Å². The van der Waals surface area contributed by atoms with Gasteiger partial charge in [0.15, 0.2) is 11.2 Å². The number of anilines is 1. The van der Waals surface area contributed by atoms with E-state index in [2.05, 4.69) is 17.2 Å². The quantitative estimate of drug-likeness (QED) is 0.547. The molecule has 0 bridgehead atoms. The van der Waals surface area contributed by atoms with E-state index in [1.165, 1.54) is 0 Å². The van der Waals surface area contributed by atoms with Gasteiger partial charge in [-0.15, -0.1) is 0 Å². The van der Waals surface area contributed by atoms with Gasteiger partial charge in [0.2, 0.25) is 0 Å². The van der Waals surface area contributed by atoms with E-state index >= 15 is 0 Å². The molecule has 176 valence electrons. The summed E-state index contributed by atoms with van der Waals surface area (Å²) in [5.41, 5.74) is 2.30. The first-order chi connectivity index (χ1) is 16.0. The van der Waals surface area contributed by atoms with E-state index in [4.69, 9.17) is 4.98 Å². The zero-order chi connectivity index (χ0) is 23.5. The summed E-state index contributed by atoms with van der Waals surface area (Å²) in [6.07, 6.45) is 3.82. The number of aromatic amines is 1. The first-order valence-electron chi connectivity index (χ1n) is 11.8. The molecule has 1 aromatic carbocycles. The Morgan fingerprint density at radius 3 is 2.61 bits per heavy atom. The molecule has 0 saturated carbocycles. The topological polar surface area (TPSA) is 105 Å². The van der Waals surface area contributed by atoms with Crippen LogP contribution in [0.1, 0.15) is 61.3 Å². The van der Waals surface area contributed by atoms with Crippen LogP contribution in [0.3, 0.4) is 0 Å². The molecule has 33 heavy (non-hydrogen) atoms. The van der Waals surface area contributed by atoms with Gasteiger partial charge in [-0.2, -0.15) is 0 Å². The van der Waals surface area contributed by atoms with Gasteiger partial charge in [0.25, 0.3) is 11.5 Å². The lowest BCUT2D eigenvalue weighted by atomic mass is 10.0. The number of amides is 1. The third-order valence-corrected chi connectivity index (χ3v) is 6.33. The van der Waals surface area contributed by atoms with Gasteiger partial charge in [-0.3, -0.25) is 19.1 Å². The van der Waals surface area contributed by atoms with E-state index in [1.807, 2.05) is 41.5 Å². The van der Waals surface area contributed by atoms with Crippen LogP contribution in [0.2, 0.25) is 0 Å². The summed E-state index contributed by atoms with van der Waals surface area (Å²) in [4.78, 5) is 47.3. The number of aromatic nitrogens is 4. The number of aryl methyl sites for hydroxylation is 3. The molecule has 1 aliphatic heterocycles. The Labute approximate surface area is 192 Å². The maximum atomic E-state index is 13.2. The number of imidazole rings is 1. The van der Waals surface area contributed by atoms with Crippen LogP contribution in [-0.4, -0.2) is 43.0 Å². The molecule has 0 aliphatic carbocycles. The van der Waals surface area contributed by atoms with Gasteiger partial charge in [0.1, 0.15) is 5.82 Å². The second kappa shape index (κ2) is 9.64. The van der Waals surface area contributed by atoms with Crippen LogP contribution < -0.4 is 16.6 Å². The fraction of sp³-hybridized carbons (Fsp3) is 0.500. The first kappa shape index (κ1) is 22.8. The standard InChI is InChI=1S/C24H32N6O3/c1-4-6-14-30-21-20(22(31)27-24(30)33)29(5-2)18(26-21)15-25-17-11-9-10-16(3)19(17)23(32)28-12-7-8-13-28/h9-11,25H,4-8,12-15H2,1-3H3,(H,27,31,33). The van der Waals surface area contributed by atoms with E-state index in [-0.39, 0.29) is 5.91 Å². The SMILES string of the molecule is CCCCn1c(=O)[nH]c(=O)c2c1nc(CNc1cccc(C)c1C(=O)N1CCCC1)n2CC. The van der Waals surface area contributed by atoms with Crippen molar-refractivity contribution < 1.29 is 4.79 Å². The molecular formula is C24H32N6O3. The van der Waals surface area contributed by atoms with Crippen LogP contribution in [0.15, 0.2) is 27.8 Å². The van der Waals surface area contributed by atoms with Gasteiger partial charge in [-0.1, -0.05) is 25.5 Å². The van der Waals surface area contributed by atoms with E-state index in [9.17, 15) is 14.4 Å². The Morgan fingerprint density at radius 2 is 1.91 bits per heavy atom. The van der Waals surface area contributed by atoms with Crippen LogP contribution in [0.5, 0.6) is 0 Å². The van der Waals surface area contributed by atoms with Crippen molar-refractivity contribution >= 4 is 22.8 Å². The average molecular weight is 453 g/mol. The van der Waals surface area contributed by atoms with Crippen LogP contribution >= 0.6 is 0 Å². The molecule has 1 amide bonds. The Bertz CT molecular complexity index is 1280. The molecule has 3 aromatic rings. The van der Waals surface area contributed by atoms with Crippen molar-refractivity contribution in [2.24, 2.45) is 0 Å². The Hall–Kier alpha value is -3.36. The normalized spacial score (nSPS) is 13.7. The lowest BCUT2D eigenvalue weighted by Crippen LogP contribution is -2.31. The molecule has 0 radical (unpaired) electrons. The molecule has 3 heterocycles. The lowest BCUT2D eigenvalue weighted by molar-refractivity contribution is 0.0793. The smallest absolute Gasteiger partial charge is 0.330 e. The van der Waals surface area contributed by atoms with Gasteiger partial charge in [-0.05, 0) is 44.7 Å². The molecule has 0 spiro atoms. The molecule has 2 N–H and O–H groups in total. The second-order valence-electron chi connectivity index (χ2n) is 8.56. The first-order valence-corrected chi connectivity index (χ1v) is 11.8. The summed E-state index contributed by atoms with van der Waals surface area (Å²) in [6, 6.07) is 5.77. The number of rotatable bonds is 8. The van der Waals surface area contributed by atoms with E-state index in [0.29, 0.717) is 42.2 Å². The highest BCUT2D eigenvalue weighted by molar-refractivity contribution is 6.01. The number of carbonyl (C=O) groups excluding carboxylic acids is 1. The Kier molecular flexibility index (Phi) is 6.67. The van der Waals surface area contributed by atoms with Gasteiger partial charge in [0.05, 0.1) is 12.1 Å². The summed E-state index contributed by atoms with van der Waals surface area (Å²) >= 11 is 0. The fourth-order valence-electron chi connectivity index (χ4n) is 4.57.